The van der Waals surface area contributed by atoms with E-state index in [0.717, 1.165) is 5.56 Å². The minimum absolute atomic E-state index is 0.0962. The van der Waals surface area contributed by atoms with Gasteiger partial charge in [-0.25, -0.2) is 0 Å². The molecule has 5 nitrogen and oxygen atoms in total. The van der Waals surface area contributed by atoms with Crippen LogP contribution in [-0.4, -0.2) is 51.3 Å². The summed E-state index contributed by atoms with van der Waals surface area (Å²) >= 11 is 0. The first kappa shape index (κ1) is 13.0. The number of nitrogens with zero attached hydrogens (tertiary/aromatic N) is 1. The Morgan fingerprint density at radius 3 is 2.52 bits per heavy atom. The van der Waals surface area contributed by atoms with Gasteiger partial charge in [-0.15, -0.1) is 0 Å². The number of rotatable bonds is 4. The van der Waals surface area contributed by atoms with Crippen molar-refractivity contribution in [3.8, 4) is 11.5 Å². The molecule has 0 radical (unpaired) electrons. The maximum Gasteiger partial charge on any atom is 0.323 e. The highest BCUT2D eigenvalue weighted by atomic mass is 16.5. The van der Waals surface area contributed by atoms with Crippen LogP contribution in [0.25, 0.3) is 0 Å². The highest BCUT2D eigenvalue weighted by molar-refractivity contribution is 5.76. The Morgan fingerprint density at radius 2 is 1.95 bits per heavy atom. The summed E-state index contributed by atoms with van der Waals surface area (Å²) in [5.74, 6) is 0.662. The summed E-state index contributed by atoms with van der Waals surface area (Å²) in [4.78, 5) is 13.9. The highest BCUT2D eigenvalue weighted by Gasteiger charge is 2.29. The standard InChI is InChI=1S/C16H23NO4/c1-5-21-16(18)13-8-12-10-15(20-4)14(19-3)9-11(12)6-7-17(13)2/h9-10,13H,5-8H2,1-4H3/i6D2. The molecule has 1 aromatic carbocycles. The summed E-state index contributed by atoms with van der Waals surface area (Å²) < 4.78 is 32.5. The Morgan fingerprint density at radius 1 is 1.33 bits per heavy atom. The molecule has 1 aromatic rings. The minimum atomic E-state index is -1.61. The average Bonchev–Trinajstić information content (AvgIpc) is 2.60. The number of esters is 1. The lowest BCUT2D eigenvalue weighted by molar-refractivity contribution is -0.148. The third kappa shape index (κ3) is 3.29. The van der Waals surface area contributed by atoms with E-state index in [1.54, 1.807) is 31.0 Å². The Balaban J connectivity index is 2.51. The van der Waals surface area contributed by atoms with Crippen LogP contribution in [0, 0.1) is 0 Å². The van der Waals surface area contributed by atoms with E-state index in [4.69, 9.17) is 17.0 Å². The van der Waals surface area contributed by atoms with Crippen LogP contribution in [-0.2, 0) is 22.3 Å². The molecular weight excluding hydrogens is 270 g/mol. The lowest BCUT2D eigenvalue weighted by atomic mass is 9.99. The van der Waals surface area contributed by atoms with E-state index >= 15 is 0 Å². The maximum atomic E-state index is 12.2. The fourth-order valence-electron chi connectivity index (χ4n) is 2.44. The quantitative estimate of drug-likeness (QED) is 0.791. The molecule has 0 spiro atoms. The Labute approximate surface area is 128 Å². The smallest absolute Gasteiger partial charge is 0.323 e. The van der Waals surface area contributed by atoms with Crippen LogP contribution in [0.4, 0.5) is 0 Å². The lowest BCUT2D eigenvalue weighted by Gasteiger charge is -2.23. The first-order valence-electron chi connectivity index (χ1n) is 7.96. The number of likely N-dealkylation sites (N-methyl/N-ethyl adjacent to an activating group) is 1. The van der Waals surface area contributed by atoms with E-state index in [2.05, 4.69) is 0 Å². The molecule has 0 fully saturated rings. The number of carbonyl (C=O) groups is 1. The van der Waals surface area contributed by atoms with Gasteiger partial charge in [0.05, 0.1) is 20.8 Å². The van der Waals surface area contributed by atoms with Gasteiger partial charge in [0.2, 0.25) is 0 Å². The third-order valence-electron chi connectivity index (χ3n) is 3.63. The predicted molar refractivity (Wildman–Crippen MR) is 80.0 cm³/mol. The van der Waals surface area contributed by atoms with Gasteiger partial charge in [0.15, 0.2) is 11.5 Å². The SMILES string of the molecule is [2H]C1([2H])CN(C)C(C(=O)OCC)Cc2cc(OC)c(OC)cc21. The van der Waals surface area contributed by atoms with Crippen LogP contribution >= 0.6 is 0 Å². The number of methoxy groups -OCH3 is 2. The molecular formula is C16H23NO4. The first-order valence-corrected chi connectivity index (χ1v) is 6.96. The zero-order valence-corrected chi connectivity index (χ0v) is 12.9. The largest absolute Gasteiger partial charge is 0.493 e. The normalized spacial score (nSPS) is 22.4. The van der Waals surface area contributed by atoms with Crippen molar-refractivity contribution >= 4 is 5.97 Å². The molecule has 5 heteroatoms. The Hall–Kier alpha value is -1.75. The van der Waals surface area contributed by atoms with E-state index in [-0.39, 0.29) is 12.5 Å². The van der Waals surface area contributed by atoms with E-state index in [1.807, 2.05) is 0 Å². The molecule has 0 N–H and O–H groups in total. The summed E-state index contributed by atoms with van der Waals surface area (Å²) in [7, 11) is 4.79. The molecule has 0 bridgehead atoms. The van der Waals surface area contributed by atoms with Crippen LogP contribution < -0.4 is 9.47 Å². The summed E-state index contributed by atoms with van der Waals surface area (Å²) in [5, 5.41) is 0. The summed E-state index contributed by atoms with van der Waals surface area (Å²) in [6.07, 6.45) is -1.24. The number of benzene rings is 1. The molecule has 1 heterocycles. The molecule has 1 unspecified atom stereocenters. The lowest BCUT2D eigenvalue weighted by Crippen LogP contribution is -2.40. The van der Waals surface area contributed by atoms with Crippen molar-refractivity contribution in [2.24, 2.45) is 0 Å². The van der Waals surface area contributed by atoms with Crippen LogP contribution in [0.5, 0.6) is 11.5 Å². The fraction of sp³-hybridized carbons (Fsp3) is 0.562. The Bertz CT molecular complexity index is 592. The third-order valence-corrected chi connectivity index (χ3v) is 3.63. The summed E-state index contributed by atoms with van der Waals surface area (Å²) in [5.41, 5.74) is 1.25. The fourth-order valence-corrected chi connectivity index (χ4v) is 2.44. The number of ether oxygens (including phenoxy) is 3. The zero-order chi connectivity index (χ0) is 17.2. The zero-order valence-electron chi connectivity index (χ0n) is 14.9. The second-order valence-electron chi connectivity index (χ2n) is 4.93. The van der Waals surface area contributed by atoms with Crippen molar-refractivity contribution < 1.29 is 21.7 Å². The summed E-state index contributed by atoms with van der Waals surface area (Å²) in [6, 6.07) is 2.89. The number of carbonyl (C=O) groups excluding carboxylic acids is 1. The van der Waals surface area contributed by atoms with Crippen molar-refractivity contribution in [2.45, 2.75) is 25.8 Å². The van der Waals surface area contributed by atoms with Crippen LogP contribution in [0.1, 0.15) is 20.8 Å². The van der Waals surface area contributed by atoms with E-state index in [0.29, 0.717) is 30.1 Å². The van der Waals surface area contributed by atoms with Gasteiger partial charge < -0.3 is 14.2 Å². The number of hydrogen-bond acceptors (Lipinski definition) is 5. The van der Waals surface area contributed by atoms with Crippen molar-refractivity contribution in [1.82, 2.24) is 4.90 Å². The second kappa shape index (κ2) is 6.80. The first-order chi connectivity index (χ1) is 10.8. The van der Waals surface area contributed by atoms with Crippen LogP contribution in [0.15, 0.2) is 12.1 Å². The van der Waals surface area contributed by atoms with E-state index in [9.17, 15) is 4.79 Å². The second-order valence-corrected chi connectivity index (χ2v) is 4.93. The van der Waals surface area contributed by atoms with E-state index in [1.165, 1.54) is 14.2 Å². The predicted octanol–water partition coefficient (Wildman–Crippen LogP) is 1.67. The molecule has 1 aliphatic heterocycles. The van der Waals surface area contributed by atoms with Gasteiger partial charge in [-0.3, -0.25) is 9.69 Å². The molecule has 21 heavy (non-hydrogen) atoms. The van der Waals surface area contributed by atoms with Crippen LogP contribution in [0.3, 0.4) is 0 Å². The minimum Gasteiger partial charge on any atom is -0.493 e. The monoisotopic (exact) mass is 295 g/mol. The summed E-state index contributed by atoms with van der Waals surface area (Å²) in [6.45, 7) is 2.16. The molecule has 1 aliphatic rings. The van der Waals surface area contributed by atoms with Crippen molar-refractivity contribution in [1.29, 1.82) is 0 Å². The number of fused-ring (bicyclic) bond motifs is 1. The molecule has 1 atom stereocenters. The van der Waals surface area contributed by atoms with Crippen molar-refractivity contribution in [2.75, 3.05) is 34.4 Å². The van der Waals surface area contributed by atoms with Gasteiger partial charge in [-0.05, 0) is 50.0 Å². The van der Waals surface area contributed by atoms with Crippen LogP contribution in [0.2, 0.25) is 0 Å². The van der Waals surface area contributed by atoms with Gasteiger partial charge in [-0.2, -0.15) is 0 Å². The highest BCUT2D eigenvalue weighted by Crippen LogP contribution is 2.33. The average molecular weight is 295 g/mol. The van der Waals surface area contributed by atoms with Crippen molar-refractivity contribution in [3.63, 3.8) is 0 Å². The Kier molecular flexibility index (Phi) is 4.20. The van der Waals surface area contributed by atoms with Gasteiger partial charge in [0.25, 0.3) is 0 Å². The number of hydrogen-bond donors (Lipinski definition) is 0. The van der Waals surface area contributed by atoms with Crippen molar-refractivity contribution in [3.05, 3.63) is 23.3 Å². The topological polar surface area (TPSA) is 48.0 Å². The molecule has 0 saturated heterocycles. The molecule has 116 valence electrons. The molecule has 0 saturated carbocycles. The van der Waals surface area contributed by atoms with E-state index < -0.39 is 12.4 Å². The molecule has 0 aromatic heterocycles. The van der Waals surface area contributed by atoms with Gasteiger partial charge in [-0.1, -0.05) is 0 Å². The molecule has 2 rings (SSSR count). The molecule has 0 aliphatic carbocycles. The molecule has 0 amide bonds. The van der Waals surface area contributed by atoms with Gasteiger partial charge >= 0.3 is 5.97 Å². The maximum absolute atomic E-state index is 12.2. The van der Waals surface area contributed by atoms with Gasteiger partial charge in [0, 0.05) is 9.29 Å². The van der Waals surface area contributed by atoms with Gasteiger partial charge in [0.1, 0.15) is 6.04 Å².